The predicted molar refractivity (Wildman–Crippen MR) is 70.1 cm³/mol. The first-order chi connectivity index (χ1) is 9.44. The molecule has 0 radical (unpaired) electrons. The van der Waals surface area contributed by atoms with Crippen molar-refractivity contribution in [3.63, 3.8) is 0 Å². The molecule has 1 aliphatic carbocycles. The van der Waals surface area contributed by atoms with Crippen molar-refractivity contribution < 1.29 is 18.0 Å². The van der Waals surface area contributed by atoms with Crippen molar-refractivity contribution in [3.8, 4) is 6.07 Å². The van der Waals surface area contributed by atoms with E-state index in [0.29, 0.717) is 10.8 Å². The number of benzene rings is 1. The normalized spacial score (nSPS) is 19.1. The molecule has 0 aliphatic heterocycles. The van der Waals surface area contributed by atoms with Gasteiger partial charge in [-0.1, -0.05) is 0 Å². The van der Waals surface area contributed by atoms with Gasteiger partial charge in [0.15, 0.2) is 0 Å². The number of rotatable bonds is 3. The third kappa shape index (κ3) is 3.32. The fraction of sp³-hybridized carbons (Fsp3) is 0.286. The summed E-state index contributed by atoms with van der Waals surface area (Å²) < 4.78 is 39.5. The minimum atomic E-state index is -4.50. The van der Waals surface area contributed by atoms with Crippen LogP contribution in [0.4, 0.5) is 13.2 Å². The molecule has 0 N–H and O–H groups in total. The van der Waals surface area contributed by atoms with Gasteiger partial charge in [0.2, 0.25) is 0 Å². The summed E-state index contributed by atoms with van der Waals surface area (Å²) >= 11 is -0.762. The molecular weight excluding hydrogens is 330 g/mol. The number of carbonyl (C=O) groups is 1. The Morgan fingerprint density at radius 2 is 2.15 bits per heavy atom. The average Bonchev–Trinajstić information content (AvgIpc) is 2.85. The van der Waals surface area contributed by atoms with E-state index in [1.165, 1.54) is 6.07 Å². The molecule has 2 atom stereocenters. The first-order valence-corrected chi connectivity index (χ1v) is 8.22. The Hall–Kier alpha value is -1.53. The Morgan fingerprint density at radius 1 is 1.40 bits per heavy atom. The van der Waals surface area contributed by atoms with Crippen LogP contribution in [0.15, 0.2) is 29.8 Å². The molecule has 0 aromatic heterocycles. The van der Waals surface area contributed by atoms with Gasteiger partial charge in [-0.3, -0.25) is 0 Å². The Kier molecular flexibility index (Phi) is 4.35. The first-order valence-electron chi connectivity index (χ1n) is 5.96. The number of hydrogen-bond donors (Lipinski definition) is 0. The zero-order valence-corrected chi connectivity index (χ0v) is 12.5. The predicted octanol–water partition coefficient (Wildman–Crippen LogP) is 2.35. The van der Waals surface area contributed by atoms with Crippen molar-refractivity contribution in [3.05, 3.63) is 41.0 Å². The van der Waals surface area contributed by atoms with E-state index in [2.05, 4.69) is 0 Å². The molecule has 2 rings (SSSR count). The molecule has 1 aliphatic rings. The molecule has 1 aromatic carbocycles. The number of aldehydes is 1. The monoisotopic (exact) mass is 341 g/mol. The van der Waals surface area contributed by atoms with E-state index in [4.69, 9.17) is 5.26 Å². The average molecular weight is 341 g/mol. The molecule has 2 unspecified atom stereocenters. The number of allylic oxidation sites excluding steroid dienone is 2. The van der Waals surface area contributed by atoms with Crippen molar-refractivity contribution in [1.29, 1.82) is 5.26 Å². The van der Waals surface area contributed by atoms with Crippen LogP contribution in [0.5, 0.6) is 0 Å². The number of hydrogen-bond acceptors (Lipinski definition) is 2. The molecule has 1 aromatic rings. The van der Waals surface area contributed by atoms with Crippen molar-refractivity contribution in [2.75, 3.05) is 0 Å². The molecule has 20 heavy (non-hydrogen) atoms. The summed E-state index contributed by atoms with van der Waals surface area (Å²) in [5, 5.41) is 8.74. The third-order valence-electron chi connectivity index (χ3n) is 3.11. The summed E-state index contributed by atoms with van der Waals surface area (Å²) in [7, 11) is 0. The first kappa shape index (κ1) is 14.9. The number of nitriles is 1. The van der Waals surface area contributed by atoms with E-state index in [1.807, 2.05) is 6.08 Å². The molecule has 6 heteroatoms. The summed E-state index contributed by atoms with van der Waals surface area (Å²) in [5.41, 5.74) is -0.461. The van der Waals surface area contributed by atoms with Crippen LogP contribution < -0.4 is 4.35 Å². The Labute approximate surface area is 121 Å². The summed E-state index contributed by atoms with van der Waals surface area (Å²) in [4.78, 5) is 10.6. The molecule has 0 saturated heterocycles. The van der Waals surface area contributed by atoms with Crippen molar-refractivity contribution in [2.45, 2.75) is 23.7 Å². The van der Waals surface area contributed by atoms with E-state index >= 15 is 0 Å². The van der Waals surface area contributed by atoms with Crippen LogP contribution in [0.2, 0.25) is 4.71 Å². The maximum absolute atomic E-state index is 12.9. The van der Waals surface area contributed by atoms with Gasteiger partial charge in [-0.15, -0.1) is 0 Å². The quantitative estimate of drug-likeness (QED) is 0.626. The van der Waals surface area contributed by atoms with Crippen molar-refractivity contribution in [2.24, 2.45) is 0 Å². The Bertz CT molecular complexity index is 601. The van der Waals surface area contributed by atoms with Gasteiger partial charge in [0.25, 0.3) is 0 Å². The molecule has 0 amide bonds. The van der Waals surface area contributed by atoms with E-state index in [0.717, 1.165) is 24.3 Å². The molecule has 0 saturated carbocycles. The van der Waals surface area contributed by atoms with Crippen LogP contribution in [0.25, 0.3) is 0 Å². The van der Waals surface area contributed by atoms with E-state index < -0.39 is 27.5 Å². The van der Waals surface area contributed by atoms with Gasteiger partial charge >= 0.3 is 120 Å². The van der Waals surface area contributed by atoms with Crippen LogP contribution in [-0.4, -0.2) is 22.0 Å². The maximum atomic E-state index is 12.9. The zero-order valence-electron chi connectivity index (χ0n) is 10.4. The van der Waals surface area contributed by atoms with Crippen LogP contribution in [0.1, 0.15) is 24.0 Å². The number of nitrogens with zero attached hydrogens (tertiary/aromatic N) is 1. The summed E-state index contributed by atoms with van der Waals surface area (Å²) in [6.07, 6.45) is -0.420. The third-order valence-corrected chi connectivity index (χ3v) is 6.25. The zero-order chi connectivity index (χ0) is 14.8. The molecule has 0 spiro atoms. The van der Waals surface area contributed by atoms with Gasteiger partial charge in [0.1, 0.15) is 0 Å². The van der Waals surface area contributed by atoms with Gasteiger partial charge in [0, 0.05) is 0 Å². The topological polar surface area (TPSA) is 40.9 Å². The molecule has 104 valence electrons. The van der Waals surface area contributed by atoms with Crippen LogP contribution in [-0.2, 0) is 11.0 Å². The van der Waals surface area contributed by atoms with Gasteiger partial charge in [-0.25, -0.2) is 0 Å². The number of carbonyl (C=O) groups excluding carboxylic acids is 1. The van der Waals surface area contributed by atoms with Crippen LogP contribution in [0, 0.1) is 11.3 Å². The summed E-state index contributed by atoms with van der Waals surface area (Å²) in [6, 6.07) is 5.52. The van der Waals surface area contributed by atoms with E-state index in [-0.39, 0.29) is 10.3 Å². The molecule has 0 bridgehead atoms. The second-order valence-electron chi connectivity index (χ2n) is 4.55. The standard InChI is InChI=1S/C14H11AsF3NO/c16-14(17,18)13-6-12(4-2-10(13)7-19)15-11-3-1-9(5-11)8-20/h1-2,4,6,8,11,15H,3,5H2. The fourth-order valence-corrected chi connectivity index (χ4v) is 5.20. The minimum absolute atomic E-state index is 0.282. The Morgan fingerprint density at radius 3 is 2.70 bits per heavy atom. The Balaban J connectivity index is 2.19. The fourth-order valence-electron chi connectivity index (χ4n) is 2.15. The second kappa shape index (κ2) is 5.85. The molecular formula is C14H11AsF3NO. The summed E-state index contributed by atoms with van der Waals surface area (Å²) in [5.74, 6) is 0. The molecule has 0 heterocycles. The second-order valence-corrected chi connectivity index (χ2v) is 8.08. The summed E-state index contributed by atoms with van der Waals surface area (Å²) in [6.45, 7) is 0. The van der Waals surface area contributed by atoms with E-state index in [9.17, 15) is 18.0 Å². The number of alkyl halides is 3. The number of halogens is 3. The van der Waals surface area contributed by atoms with Gasteiger partial charge in [0.05, 0.1) is 0 Å². The molecule has 0 fully saturated rings. The van der Waals surface area contributed by atoms with Crippen molar-refractivity contribution in [1.82, 2.24) is 0 Å². The SMILES string of the molecule is N#Cc1ccc([AsH]C2CC=C(C=O)C2)cc1C(F)(F)F. The van der Waals surface area contributed by atoms with Crippen LogP contribution in [0.3, 0.4) is 0 Å². The van der Waals surface area contributed by atoms with Crippen molar-refractivity contribution >= 4 is 26.4 Å². The van der Waals surface area contributed by atoms with Crippen LogP contribution >= 0.6 is 0 Å². The van der Waals surface area contributed by atoms with E-state index in [1.54, 1.807) is 12.1 Å². The van der Waals surface area contributed by atoms with Gasteiger partial charge in [-0.05, 0) is 0 Å². The molecule has 2 nitrogen and oxygen atoms in total. The van der Waals surface area contributed by atoms with Gasteiger partial charge < -0.3 is 0 Å². The van der Waals surface area contributed by atoms with Gasteiger partial charge in [-0.2, -0.15) is 0 Å².